The summed E-state index contributed by atoms with van der Waals surface area (Å²) in [6, 6.07) is 0. The van der Waals surface area contributed by atoms with Crippen LogP contribution >= 0.6 is 0 Å². The first kappa shape index (κ1) is 13.9. The molecule has 0 unspecified atom stereocenters. The van der Waals surface area contributed by atoms with Crippen molar-refractivity contribution in [1.82, 2.24) is 13.9 Å². The Hall–Kier alpha value is -0.170. The minimum Gasteiger partial charge on any atom is -0.317 e. The third-order valence-corrected chi connectivity index (χ3v) is 5.04. The fourth-order valence-electron chi connectivity index (χ4n) is 1.97. The molecule has 0 aliphatic carbocycles. The lowest BCUT2D eigenvalue weighted by atomic mass is 9.98. The monoisotopic (exact) mass is 249 g/mol. The lowest BCUT2D eigenvalue weighted by molar-refractivity contribution is 0.284. The molecule has 0 bridgehead atoms. The largest absolute Gasteiger partial charge is 0.317 e. The van der Waals surface area contributed by atoms with Crippen LogP contribution in [-0.4, -0.2) is 57.3 Å². The zero-order valence-corrected chi connectivity index (χ0v) is 11.3. The number of piperidine rings is 1. The second kappa shape index (κ2) is 5.95. The first-order chi connectivity index (χ1) is 7.48. The van der Waals surface area contributed by atoms with Crippen LogP contribution in [0.5, 0.6) is 0 Å². The van der Waals surface area contributed by atoms with E-state index in [0.717, 1.165) is 25.9 Å². The van der Waals surface area contributed by atoms with Crippen molar-refractivity contribution in [2.45, 2.75) is 19.8 Å². The molecule has 0 spiro atoms. The van der Waals surface area contributed by atoms with Crippen molar-refractivity contribution in [1.29, 1.82) is 0 Å². The van der Waals surface area contributed by atoms with E-state index in [2.05, 4.69) is 5.32 Å². The lowest BCUT2D eigenvalue weighted by Crippen LogP contribution is -2.44. The van der Waals surface area contributed by atoms with E-state index in [1.807, 2.05) is 6.92 Å². The maximum Gasteiger partial charge on any atom is 0.281 e. The molecule has 1 rings (SSSR count). The Bertz CT molecular complexity index is 297. The van der Waals surface area contributed by atoms with Gasteiger partial charge in [0.2, 0.25) is 0 Å². The van der Waals surface area contributed by atoms with E-state index in [9.17, 15) is 8.42 Å². The van der Waals surface area contributed by atoms with E-state index in [1.54, 1.807) is 18.4 Å². The van der Waals surface area contributed by atoms with Gasteiger partial charge in [-0.15, -0.1) is 0 Å². The summed E-state index contributed by atoms with van der Waals surface area (Å²) in [6.07, 6.45) is 2.14. The SMILES string of the molecule is CCN(CC1CCNCC1)S(=O)(=O)N(C)C. The molecule has 1 heterocycles. The highest BCUT2D eigenvalue weighted by atomic mass is 32.2. The van der Waals surface area contributed by atoms with E-state index in [-0.39, 0.29) is 0 Å². The Morgan fingerprint density at radius 3 is 2.25 bits per heavy atom. The highest BCUT2D eigenvalue weighted by Gasteiger charge is 2.26. The van der Waals surface area contributed by atoms with Gasteiger partial charge in [-0.3, -0.25) is 0 Å². The van der Waals surface area contributed by atoms with Crippen molar-refractivity contribution in [2.24, 2.45) is 5.92 Å². The number of hydrogen-bond acceptors (Lipinski definition) is 3. The molecule has 0 aromatic carbocycles. The quantitative estimate of drug-likeness (QED) is 0.752. The van der Waals surface area contributed by atoms with Crippen molar-refractivity contribution in [3.63, 3.8) is 0 Å². The van der Waals surface area contributed by atoms with Crippen LogP contribution in [0.3, 0.4) is 0 Å². The predicted molar refractivity (Wildman–Crippen MR) is 65.4 cm³/mol. The summed E-state index contributed by atoms with van der Waals surface area (Å²) in [4.78, 5) is 0. The molecule has 0 radical (unpaired) electrons. The second-order valence-electron chi connectivity index (χ2n) is 4.43. The predicted octanol–water partition coefficient (Wildman–Crippen LogP) is 0.114. The van der Waals surface area contributed by atoms with Gasteiger partial charge in [-0.2, -0.15) is 17.0 Å². The van der Waals surface area contributed by atoms with Crippen LogP contribution in [0.2, 0.25) is 0 Å². The Labute approximate surface area is 99.0 Å². The Balaban J connectivity index is 2.60. The third-order valence-electron chi connectivity index (χ3n) is 3.06. The van der Waals surface area contributed by atoms with Crippen molar-refractivity contribution in [3.05, 3.63) is 0 Å². The highest BCUT2D eigenvalue weighted by molar-refractivity contribution is 7.86. The molecule has 1 N–H and O–H groups in total. The lowest BCUT2D eigenvalue weighted by Gasteiger charge is -2.30. The van der Waals surface area contributed by atoms with Crippen molar-refractivity contribution >= 4 is 10.2 Å². The summed E-state index contributed by atoms with van der Waals surface area (Å²) < 4.78 is 26.8. The molecule has 1 fully saturated rings. The molecule has 6 heteroatoms. The first-order valence-electron chi connectivity index (χ1n) is 5.86. The van der Waals surface area contributed by atoms with Gasteiger partial charge in [0.15, 0.2) is 0 Å². The molecule has 0 saturated carbocycles. The van der Waals surface area contributed by atoms with E-state index >= 15 is 0 Å². The molecule has 16 heavy (non-hydrogen) atoms. The van der Waals surface area contributed by atoms with Gasteiger partial charge >= 0.3 is 0 Å². The molecule has 96 valence electrons. The fourth-order valence-corrected chi connectivity index (χ4v) is 3.16. The molecular formula is C10H23N3O2S. The number of hydrogen-bond donors (Lipinski definition) is 1. The first-order valence-corrected chi connectivity index (χ1v) is 7.26. The van der Waals surface area contributed by atoms with Crippen LogP contribution in [0, 0.1) is 5.92 Å². The van der Waals surface area contributed by atoms with E-state index < -0.39 is 10.2 Å². The molecule has 0 amide bonds. The van der Waals surface area contributed by atoms with Gasteiger partial charge in [-0.1, -0.05) is 6.92 Å². The summed E-state index contributed by atoms with van der Waals surface area (Å²) in [5.41, 5.74) is 0. The van der Waals surface area contributed by atoms with E-state index in [4.69, 9.17) is 0 Å². The van der Waals surface area contributed by atoms with Gasteiger partial charge in [0, 0.05) is 27.2 Å². The molecule has 0 aromatic rings. The normalized spacial score (nSPS) is 19.6. The molecule has 1 aliphatic rings. The van der Waals surface area contributed by atoms with Crippen molar-refractivity contribution in [3.8, 4) is 0 Å². The van der Waals surface area contributed by atoms with Crippen LogP contribution in [-0.2, 0) is 10.2 Å². The number of nitrogens with zero attached hydrogens (tertiary/aromatic N) is 2. The zero-order chi connectivity index (χ0) is 12.2. The maximum absolute atomic E-state index is 12.0. The third kappa shape index (κ3) is 3.41. The Morgan fingerprint density at radius 1 is 1.25 bits per heavy atom. The van der Waals surface area contributed by atoms with Gasteiger partial charge in [0.25, 0.3) is 10.2 Å². The number of rotatable bonds is 5. The Kier molecular flexibility index (Phi) is 5.17. The van der Waals surface area contributed by atoms with Crippen LogP contribution in [0.1, 0.15) is 19.8 Å². The topological polar surface area (TPSA) is 52.7 Å². The molecule has 1 saturated heterocycles. The standard InChI is InChI=1S/C10H23N3O2S/c1-4-13(16(14,15)12(2)3)9-10-5-7-11-8-6-10/h10-11H,4-9H2,1-3H3. The fraction of sp³-hybridized carbons (Fsp3) is 1.00. The minimum absolute atomic E-state index is 0.496. The molecule has 1 aliphatic heterocycles. The van der Waals surface area contributed by atoms with Crippen molar-refractivity contribution in [2.75, 3.05) is 40.3 Å². The maximum atomic E-state index is 12.0. The van der Waals surface area contributed by atoms with Crippen LogP contribution in [0.15, 0.2) is 0 Å². The number of nitrogens with one attached hydrogen (secondary N) is 1. The average Bonchev–Trinajstić information content (AvgIpc) is 2.26. The van der Waals surface area contributed by atoms with Gasteiger partial charge in [-0.25, -0.2) is 0 Å². The highest BCUT2D eigenvalue weighted by Crippen LogP contribution is 2.16. The van der Waals surface area contributed by atoms with Crippen LogP contribution < -0.4 is 5.32 Å². The summed E-state index contributed by atoms with van der Waals surface area (Å²) in [6.45, 7) is 5.10. The van der Waals surface area contributed by atoms with Gasteiger partial charge in [0.1, 0.15) is 0 Å². The summed E-state index contributed by atoms with van der Waals surface area (Å²) >= 11 is 0. The smallest absolute Gasteiger partial charge is 0.281 e. The van der Waals surface area contributed by atoms with Crippen LogP contribution in [0.25, 0.3) is 0 Å². The van der Waals surface area contributed by atoms with E-state index in [0.29, 0.717) is 19.0 Å². The zero-order valence-electron chi connectivity index (χ0n) is 10.4. The van der Waals surface area contributed by atoms with Gasteiger partial charge in [-0.05, 0) is 31.8 Å². The molecule has 5 nitrogen and oxygen atoms in total. The summed E-state index contributed by atoms with van der Waals surface area (Å²) in [7, 11) is -0.0747. The minimum atomic E-state index is -3.24. The van der Waals surface area contributed by atoms with Crippen molar-refractivity contribution < 1.29 is 8.42 Å². The molecule has 0 atom stereocenters. The summed E-state index contributed by atoms with van der Waals surface area (Å²) in [5.74, 6) is 0.496. The summed E-state index contributed by atoms with van der Waals surface area (Å²) in [5, 5.41) is 3.29. The molecule has 0 aromatic heterocycles. The van der Waals surface area contributed by atoms with Gasteiger partial charge < -0.3 is 5.32 Å². The molecular weight excluding hydrogens is 226 g/mol. The Morgan fingerprint density at radius 2 is 1.81 bits per heavy atom. The van der Waals surface area contributed by atoms with E-state index in [1.165, 1.54) is 4.31 Å². The van der Waals surface area contributed by atoms with Gasteiger partial charge in [0.05, 0.1) is 0 Å². The average molecular weight is 249 g/mol. The van der Waals surface area contributed by atoms with Crippen LogP contribution in [0.4, 0.5) is 0 Å². The second-order valence-corrected chi connectivity index (χ2v) is 6.58.